The maximum absolute atomic E-state index is 12.8. The highest BCUT2D eigenvalue weighted by atomic mass is 28.4. The Kier molecular flexibility index (Phi) is 4.99. The Balaban J connectivity index is 2.09. The van der Waals surface area contributed by atoms with Crippen LogP contribution in [-0.4, -0.2) is 37.7 Å². The number of hydrogen-bond acceptors (Lipinski definition) is 4. The molecule has 1 heterocycles. The van der Waals surface area contributed by atoms with E-state index in [0.29, 0.717) is 18.8 Å². The molecule has 0 amide bonds. The van der Waals surface area contributed by atoms with E-state index in [2.05, 4.69) is 34.3 Å². The summed E-state index contributed by atoms with van der Waals surface area (Å²) in [7, 11) is -1.89. The number of aliphatic hydroxyl groups is 1. The van der Waals surface area contributed by atoms with Gasteiger partial charge in [0.1, 0.15) is 6.61 Å². The fraction of sp³-hybridized carbons (Fsp3) is 0.857. The standard InChI is InChI=1S/C21H36O4Si/c1-7-20-13-16(25-26(8-2,9-3)10-4)17-18(22)24-14-19(17,6)21(20,23)12-11-15(20)5/h7,15-17,23H,1,8-14H2,2-6H3/t15-,16+,17+,19-,20+,21-/m1/s1. The number of carbonyl (C=O) groups excluding carboxylic acids is 1. The van der Waals surface area contributed by atoms with Crippen molar-refractivity contribution in [1.82, 2.24) is 0 Å². The van der Waals surface area contributed by atoms with Crippen LogP contribution in [0.1, 0.15) is 53.9 Å². The molecule has 0 aromatic heterocycles. The van der Waals surface area contributed by atoms with Crippen molar-refractivity contribution in [3.05, 3.63) is 12.7 Å². The van der Waals surface area contributed by atoms with Crippen LogP contribution in [0, 0.1) is 22.7 Å². The summed E-state index contributed by atoms with van der Waals surface area (Å²) in [4.78, 5) is 12.8. The van der Waals surface area contributed by atoms with Gasteiger partial charge in [0, 0.05) is 10.8 Å². The molecule has 1 saturated heterocycles. The van der Waals surface area contributed by atoms with Gasteiger partial charge in [-0.1, -0.05) is 40.7 Å². The van der Waals surface area contributed by atoms with Crippen LogP contribution < -0.4 is 0 Å². The number of rotatable bonds is 6. The molecule has 1 aliphatic heterocycles. The molecule has 2 saturated carbocycles. The Morgan fingerprint density at radius 1 is 1.35 bits per heavy atom. The van der Waals surface area contributed by atoms with Gasteiger partial charge >= 0.3 is 5.97 Å². The summed E-state index contributed by atoms with van der Waals surface area (Å²) < 4.78 is 12.4. The fourth-order valence-electron chi connectivity index (χ4n) is 6.44. The highest BCUT2D eigenvalue weighted by molar-refractivity contribution is 6.73. The molecular formula is C21H36O4Si. The van der Waals surface area contributed by atoms with Crippen molar-refractivity contribution in [3.63, 3.8) is 0 Å². The van der Waals surface area contributed by atoms with Crippen LogP contribution in [-0.2, 0) is 14.0 Å². The average molecular weight is 381 g/mol. The number of esters is 1. The molecule has 2 aliphatic carbocycles. The first-order valence-corrected chi connectivity index (χ1v) is 12.9. The summed E-state index contributed by atoms with van der Waals surface area (Å²) in [5.74, 6) is -0.234. The molecule has 3 rings (SSSR count). The molecule has 0 spiro atoms. The van der Waals surface area contributed by atoms with E-state index in [9.17, 15) is 9.90 Å². The van der Waals surface area contributed by atoms with Crippen molar-refractivity contribution in [1.29, 1.82) is 0 Å². The Morgan fingerprint density at radius 3 is 2.50 bits per heavy atom. The lowest BCUT2D eigenvalue weighted by Gasteiger charge is -2.59. The molecule has 0 radical (unpaired) electrons. The Hall–Kier alpha value is -0.653. The molecule has 6 atom stereocenters. The van der Waals surface area contributed by atoms with Crippen LogP contribution in [0.25, 0.3) is 0 Å². The quantitative estimate of drug-likeness (QED) is 0.424. The van der Waals surface area contributed by atoms with Gasteiger partial charge in [-0.15, -0.1) is 6.58 Å². The molecule has 26 heavy (non-hydrogen) atoms. The van der Waals surface area contributed by atoms with Crippen molar-refractivity contribution in [2.75, 3.05) is 6.61 Å². The summed E-state index contributed by atoms with van der Waals surface area (Å²) in [5, 5.41) is 11.9. The monoisotopic (exact) mass is 380 g/mol. The third-order valence-corrected chi connectivity index (χ3v) is 13.3. The summed E-state index contributed by atoms with van der Waals surface area (Å²) in [6.45, 7) is 15.3. The SMILES string of the molecule is C=C[C@@]12C[C@H](O[Si](CC)(CC)CC)[C@H]3C(=O)OC[C@@]3(C)[C@]1(O)CC[C@H]2C. The second kappa shape index (κ2) is 6.45. The van der Waals surface area contributed by atoms with Gasteiger partial charge < -0.3 is 14.3 Å². The lowest BCUT2D eigenvalue weighted by atomic mass is 9.48. The largest absolute Gasteiger partial charge is 0.465 e. The van der Waals surface area contributed by atoms with Gasteiger partial charge in [-0.2, -0.15) is 0 Å². The third-order valence-electron chi connectivity index (χ3n) is 8.60. The minimum Gasteiger partial charge on any atom is -0.465 e. The van der Waals surface area contributed by atoms with Crippen molar-refractivity contribution in [2.24, 2.45) is 22.7 Å². The molecule has 0 unspecified atom stereocenters. The van der Waals surface area contributed by atoms with Crippen molar-refractivity contribution in [3.8, 4) is 0 Å². The summed E-state index contributed by atoms with van der Waals surface area (Å²) >= 11 is 0. The molecule has 0 aromatic rings. The second-order valence-electron chi connectivity index (χ2n) is 9.15. The maximum Gasteiger partial charge on any atom is 0.312 e. The predicted octanol–water partition coefficient (Wildman–Crippen LogP) is 4.29. The molecule has 148 valence electrons. The minimum atomic E-state index is -1.89. The third kappa shape index (κ3) is 2.29. The van der Waals surface area contributed by atoms with Crippen LogP contribution in [0.2, 0.25) is 18.1 Å². The van der Waals surface area contributed by atoms with E-state index < -0.39 is 24.7 Å². The number of hydrogen-bond donors (Lipinski definition) is 1. The van der Waals surface area contributed by atoms with Gasteiger partial charge in [-0.3, -0.25) is 4.79 Å². The van der Waals surface area contributed by atoms with Crippen molar-refractivity contribution >= 4 is 14.3 Å². The zero-order valence-electron chi connectivity index (χ0n) is 17.1. The molecule has 0 bridgehead atoms. The van der Waals surface area contributed by atoms with E-state index >= 15 is 0 Å². The molecule has 3 fully saturated rings. The highest BCUT2D eigenvalue weighted by Gasteiger charge is 2.75. The van der Waals surface area contributed by atoms with Crippen molar-refractivity contribution < 1.29 is 19.1 Å². The molecule has 0 aromatic carbocycles. The highest BCUT2D eigenvalue weighted by Crippen LogP contribution is 2.68. The Morgan fingerprint density at radius 2 is 1.96 bits per heavy atom. The topological polar surface area (TPSA) is 55.8 Å². The van der Waals surface area contributed by atoms with Gasteiger partial charge in [0.2, 0.25) is 0 Å². The summed E-state index contributed by atoms with van der Waals surface area (Å²) in [6.07, 6.45) is 4.12. The first-order chi connectivity index (χ1) is 12.2. The zero-order valence-corrected chi connectivity index (χ0v) is 18.1. The Bertz CT molecular complexity index is 580. The first-order valence-electron chi connectivity index (χ1n) is 10.4. The lowest BCUT2D eigenvalue weighted by Crippen LogP contribution is -2.67. The second-order valence-corrected chi connectivity index (χ2v) is 13.9. The van der Waals surface area contributed by atoms with Crippen LogP contribution in [0.3, 0.4) is 0 Å². The average Bonchev–Trinajstić information content (AvgIpc) is 3.10. The fourth-order valence-corrected chi connectivity index (χ4v) is 9.31. The normalized spacial score (nSPS) is 45.2. The number of cyclic esters (lactones) is 1. The summed E-state index contributed by atoms with van der Waals surface area (Å²) in [6, 6.07) is 3.15. The lowest BCUT2D eigenvalue weighted by molar-refractivity contribution is -0.207. The predicted molar refractivity (Wildman–Crippen MR) is 105 cm³/mol. The van der Waals surface area contributed by atoms with Gasteiger partial charge in [-0.05, 0) is 43.3 Å². The van der Waals surface area contributed by atoms with Crippen LogP contribution >= 0.6 is 0 Å². The molecule has 1 N–H and O–H groups in total. The van der Waals surface area contributed by atoms with Crippen molar-refractivity contribution in [2.45, 2.75) is 83.7 Å². The maximum atomic E-state index is 12.8. The van der Waals surface area contributed by atoms with Gasteiger partial charge in [0.15, 0.2) is 8.32 Å². The first kappa shape index (κ1) is 20.1. The molecule has 5 heteroatoms. The van der Waals surface area contributed by atoms with E-state index in [0.717, 1.165) is 24.6 Å². The molecule has 4 nitrogen and oxygen atoms in total. The molecule has 3 aliphatic rings. The van der Waals surface area contributed by atoms with Crippen LogP contribution in [0.5, 0.6) is 0 Å². The molecular weight excluding hydrogens is 344 g/mol. The number of ether oxygens (including phenoxy) is 1. The van der Waals surface area contributed by atoms with E-state index in [1.165, 1.54) is 0 Å². The summed E-state index contributed by atoms with van der Waals surface area (Å²) in [5.41, 5.74) is -1.97. The Labute approximate surface area is 159 Å². The van der Waals surface area contributed by atoms with E-state index in [-0.39, 0.29) is 24.6 Å². The number of fused-ring (bicyclic) bond motifs is 3. The van der Waals surface area contributed by atoms with Gasteiger partial charge in [0.05, 0.1) is 17.6 Å². The van der Waals surface area contributed by atoms with E-state index in [1.807, 2.05) is 13.0 Å². The van der Waals surface area contributed by atoms with E-state index in [4.69, 9.17) is 9.16 Å². The van der Waals surface area contributed by atoms with Crippen LogP contribution in [0.15, 0.2) is 12.7 Å². The minimum absolute atomic E-state index is 0.180. The van der Waals surface area contributed by atoms with Gasteiger partial charge in [-0.25, -0.2) is 0 Å². The van der Waals surface area contributed by atoms with E-state index in [1.54, 1.807) is 0 Å². The smallest absolute Gasteiger partial charge is 0.312 e. The number of carbonyl (C=O) groups is 1. The zero-order chi connectivity index (χ0) is 19.4. The van der Waals surface area contributed by atoms with Gasteiger partial charge in [0.25, 0.3) is 0 Å². The van der Waals surface area contributed by atoms with Crippen LogP contribution in [0.4, 0.5) is 0 Å².